The van der Waals surface area contributed by atoms with Gasteiger partial charge >= 0.3 is 6.18 Å². The van der Waals surface area contributed by atoms with Crippen LogP contribution in [0.25, 0.3) is 0 Å². The quantitative estimate of drug-likeness (QED) is 0.827. The highest BCUT2D eigenvalue weighted by molar-refractivity contribution is 7.80. The van der Waals surface area contributed by atoms with E-state index in [1.165, 1.54) is 12.1 Å². The molecular weight excluding hydrogens is 299 g/mol. The minimum Gasteiger partial charge on any atom is -0.310 e. The van der Waals surface area contributed by atoms with Crippen LogP contribution in [0.4, 0.5) is 18.9 Å². The van der Waals surface area contributed by atoms with Gasteiger partial charge in [-0.15, -0.1) is 0 Å². The summed E-state index contributed by atoms with van der Waals surface area (Å²) in [6.07, 6.45) is -4.34. The average molecular weight is 310 g/mol. The van der Waals surface area contributed by atoms with Crippen LogP contribution in [0.3, 0.4) is 0 Å². The normalized spacial score (nSPS) is 20.2. The van der Waals surface area contributed by atoms with E-state index in [1.807, 2.05) is 0 Å². The lowest BCUT2D eigenvalue weighted by atomic mass is 10.1. The van der Waals surface area contributed by atoms with Crippen molar-refractivity contribution in [3.8, 4) is 0 Å². The first-order valence-electron chi connectivity index (χ1n) is 5.61. The van der Waals surface area contributed by atoms with Crippen LogP contribution in [0.1, 0.15) is 12.0 Å². The number of hydrogen-bond donors (Lipinski definition) is 1. The van der Waals surface area contributed by atoms with Crippen molar-refractivity contribution in [3.63, 3.8) is 0 Å². The molecule has 0 N–H and O–H groups in total. The summed E-state index contributed by atoms with van der Waals surface area (Å²) in [5.74, 6) is 0.0551. The molecule has 0 aliphatic carbocycles. The largest absolute Gasteiger partial charge is 0.418 e. The van der Waals surface area contributed by atoms with Crippen LogP contribution < -0.4 is 4.90 Å². The third-order valence-electron chi connectivity index (χ3n) is 3.03. The third kappa shape index (κ3) is 2.84. The molecule has 1 unspecified atom stereocenters. The van der Waals surface area contributed by atoms with Crippen molar-refractivity contribution in [1.82, 2.24) is 0 Å². The molecule has 0 saturated carbocycles. The molecule has 2 rings (SSSR count). The monoisotopic (exact) mass is 309 g/mol. The number of carbonyl (C=O) groups excluding carboxylic acids is 1. The summed E-state index contributed by atoms with van der Waals surface area (Å²) >= 11 is 9.94. The zero-order valence-corrected chi connectivity index (χ0v) is 11.4. The van der Waals surface area contributed by atoms with Gasteiger partial charge in [0.25, 0.3) is 0 Å². The predicted octanol–water partition coefficient (Wildman–Crippen LogP) is 3.64. The summed E-state index contributed by atoms with van der Waals surface area (Å²) in [6.45, 7) is 0.217. The molecule has 1 aliphatic rings. The van der Waals surface area contributed by atoms with Gasteiger partial charge in [0.2, 0.25) is 5.91 Å². The molecule has 104 valence electrons. The fourth-order valence-electron chi connectivity index (χ4n) is 2.14. The Morgan fingerprint density at radius 2 is 2.11 bits per heavy atom. The SMILES string of the molecule is O=C1CC(CS)CN1c1c(Cl)cccc1C(F)(F)F. The van der Waals surface area contributed by atoms with Crippen molar-refractivity contribution >= 4 is 35.8 Å². The molecule has 1 aliphatic heterocycles. The number of thiol groups is 1. The van der Waals surface area contributed by atoms with Crippen LogP contribution in [0, 0.1) is 5.92 Å². The number of carbonyl (C=O) groups is 1. The standard InChI is InChI=1S/C12H11ClF3NOS/c13-9-3-1-2-8(12(14,15)16)11(9)17-5-7(6-19)4-10(17)18/h1-3,7,19H,4-6H2. The fraction of sp³-hybridized carbons (Fsp3) is 0.417. The van der Waals surface area contributed by atoms with Crippen LogP contribution in [-0.4, -0.2) is 18.2 Å². The van der Waals surface area contributed by atoms with Gasteiger partial charge in [-0.1, -0.05) is 17.7 Å². The average Bonchev–Trinajstić information content (AvgIpc) is 2.69. The van der Waals surface area contributed by atoms with Gasteiger partial charge < -0.3 is 4.90 Å². The van der Waals surface area contributed by atoms with Crippen molar-refractivity contribution in [2.24, 2.45) is 5.92 Å². The van der Waals surface area contributed by atoms with E-state index in [2.05, 4.69) is 12.6 Å². The zero-order chi connectivity index (χ0) is 14.2. The zero-order valence-electron chi connectivity index (χ0n) is 9.75. The summed E-state index contributed by atoms with van der Waals surface area (Å²) < 4.78 is 38.9. The van der Waals surface area contributed by atoms with Crippen LogP contribution >= 0.6 is 24.2 Å². The Morgan fingerprint density at radius 3 is 2.63 bits per heavy atom. The first-order chi connectivity index (χ1) is 8.84. The number of halogens is 4. The lowest BCUT2D eigenvalue weighted by Gasteiger charge is -2.22. The van der Waals surface area contributed by atoms with Gasteiger partial charge in [0.05, 0.1) is 16.3 Å². The first kappa shape index (κ1) is 14.5. The van der Waals surface area contributed by atoms with E-state index >= 15 is 0 Å². The van der Waals surface area contributed by atoms with Crippen molar-refractivity contribution in [2.45, 2.75) is 12.6 Å². The van der Waals surface area contributed by atoms with Gasteiger partial charge in [0, 0.05) is 13.0 Å². The van der Waals surface area contributed by atoms with Gasteiger partial charge in [-0.05, 0) is 23.8 Å². The van der Waals surface area contributed by atoms with Gasteiger partial charge in [-0.25, -0.2) is 0 Å². The number of para-hydroxylation sites is 1. The van der Waals surface area contributed by atoms with Crippen molar-refractivity contribution in [1.29, 1.82) is 0 Å². The number of benzene rings is 1. The molecular formula is C12H11ClF3NOS. The Balaban J connectivity index is 2.48. The van der Waals surface area contributed by atoms with Crippen LogP contribution in [-0.2, 0) is 11.0 Å². The van der Waals surface area contributed by atoms with Crippen LogP contribution in [0.2, 0.25) is 5.02 Å². The molecule has 1 heterocycles. The Kier molecular flexibility index (Phi) is 4.01. The van der Waals surface area contributed by atoms with E-state index in [9.17, 15) is 18.0 Å². The molecule has 7 heteroatoms. The minimum absolute atomic E-state index is 0.0480. The maximum atomic E-state index is 13.0. The van der Waals surface area contributed by atoms with E-state index in [0.29, 0.717) is 5.75 Å². The molecule has 19 heavy (non-hydrogen) atoms. The second kappa shape index (κ2) is 5.25. The van der Waals surface area contributed by atoms with Gasteiger partial charge in [-0.3, -0.25) is 4.79 Å². The molecule has 1 atom stereocenters. The Morgan fingerprint density at radius 1 is 1.42 bits per heavy atom. The van der Waals surface area contributed by atoms with Crippen molar-refractivity contribution in [3.05, 3.63) is 28.8 Å². The lowest BCUT2D eigenvalue weighted by molar-refractivity contribution is -0.137. The van der Waals surface area contributed by atoms with E-state index < -0.39 is 11.7 Å². The first-order valence-corrected chi connectivity index (χ1v) is 6.62. The second-order valence-electron chi connectivity index (χ2n) is 4.39. The fourth-order valence-corrected chi connectivity index (χ4v) is 2.66. The molecule has 2 nitrogen and oxygen atoms in total. The number of alkyl halides is 3. The van der Waals surface area contributed by atoms with Gasteiger partial charge in [0.1, 0.15) is 0 Å². The highest BCUT2D eigenvalue weighted by atomic mass is 35.5. The predicted molar refractivity (Wildman–Crippen MR) is 70.8 cm³/mol. The summed E-state index contributed by atoms with van der Waals surface area (Å²) in [5.41, 5.74) is -1.13. The molecule has 0 radical (unpaired) electrons. The molecule has 1 aromatic rings. The van der Waals surface area contributed by atoms with Crippen LogP contribution in [0.5, 0.6) is 0 Å². The highest BCUT2D eigenvalue weighted by Crippen LogP contribution is 2.42. The number of anilines is 1. The third-order valence-corrected chi connectivity index (χ3v) is 3.85. The minimum atomic E-state index is -4.54. The van der Waals surface area contributed by atoms with Crippen molar-refractivity contribution < 1.29 is 18.0 Å². The van der Waals surface area contributed by atoms with E-state index in [4.69, 9.17) is 11.6 Å². The molecule has 1 amide bonds. The van der Waals surface area contributed by atoms with Crippen molar-refractivity contribution in [2.75, 3.05) is 17.2 Å². The maximum absolute atomic E-state index is 13.0. The Labute approximate surface area is 118 Å². The summed E-state index contributed by atoms with van der Waals surface area (Å²) in [6, 6.07) is 3.52. The number of nitrogens with zero attached hydrogens (tertiary/aromatic N) is 1. The molecule has 1 aromatic carbocycles. The highest BCUT2D eigenvalue weighted by Gasteiger charge is 2.39. The topological polar surface area (TPSA) is 20.3 Å². The van der Waals surface area contributed by atoms with E-state index in [0.717, 1.165) is 11.0 Å². The summed E-state index contributed by atoms with van der Waals surface area (Å²) in [5, 5.41) is -0.0667. The summed E-state index contributed by atoms with van der Waals surface area (Å²) in [4.78, 5) is 13.0. The Bertz CT molecular complexity index is 506. The molecule has 0 aromatic heterocycles. The molecule has 1 saturated heterocycles. The summed E-state index contributed by atoms with van der Waals surface area (Å²) in [7, 11) is 0. The lowest BCUT2D eigenvalue weighted by Crippen LogP contribution is -2.28. The van der Waals surface area contributed by atoms with Crippen LogP contribution in [0.15, 0.2) is 18.2 Å². The number of hydrogen-bond acceptors (Lipinski definition) is 2. The maximum Gasteiger partial charge on any atom is 0.418 e. The smallest absolute Gasteiger partial charge is 0.310 e. The number of amides is 1. The van der Waals surface area contributed by atoms with E-state index in [-0.39, 0.29) is 35.5 Å². The van der Waals surface area contributed by atoms with E-state index in [1.54, 1.807) is 0 Å². The van der Waals surface area contributed by atoms with Gasteiger partial charge in [0.15, 0.2) is 0 Å². The molecule has 0 spiro atoms. The molecule has 0 bridgehead atoms. The Hall–Kier alpha value is -0.880. The number of rotatable bonds is 2. The van der Waals surface area contributed by atoms with Gasteiger partial charge in [-0.2, -0.15) is 25.8 Å². The second-order valence-corrected chi connectivity index (χ2v) is 5.16. The molecule has 1 fully saturated rings.